The van der Waals surface area contributed by atoms with Crippen LogP contribution < -0.4 is 11.1 Å². The van der Waals surface area contributed by atoms with Crippen LogP contribution in [-0.2, 0) is 0 Å². The number of aliphatic imine (C=N–C) groups is 1. The number of nitriles is 1. The number of allylic oxidation sites excluding steroid dienone is 3. The van der Waals surface area contributed by atoms with Crippen LogP contribution in [0.4, 0.5) is 10.1 Å². The molecule has 23 heavy (non-hydrogen) atoms. The van der Waals surface area contributed by atoms with E-state index < -0.39 is 0 Å². The van der Waals surface area contributed by atoms with Crippen molar-refractivity contribution in [2.45, 2.75) is 32.1 Å². The number of nitrogens with zero attached hydrogens (tertiary/aromatic N) is 2. The molecule has 2 rings (SSSR count). The largest absolute Gasteiger partial charge is 0.400 e. The van der Waals surface area contributed by atoms with Crippen LogP contribution in [0.3, 0.4) is 0 Å². The molecule has 0 unspecified atom stereocenters. The van der Waals surface area contributed by atoms with Gasteiger partial charge in [0.25, 0.3) is 0 Å². The molecule has 4 nitrogen and oxygen atoms in total. The van der Waals surface area contributed by atoms with Crippen LogP contribution in [0.25, 0.3) is 0 Å². The van der Waals surface area contributed by atoms with Gasteiger partial charge in [-0.1, -0.05) is 19.1 Å². The summed E-state index contributed by atoms with van der Waals surface area (Å²) in [5.74, 6) is 0.0356. The number of rotatable bonds is 5. The molecule has 1 saturated carbocycles. The van der Waals surface area contributed by atoms with Crippen molar-refractivity contribution in [3.05, 3.63) is 53.1 Å². The van der Waals surface area contributed by atoms with Gasteiger partial charge in [0, 0.05) is 18.3 Å². The van der Waals surface area contributed by atoms with E-state index in [1.165, 1.54) is 12.5 Å². The zero-order valence-electron chi connectivity index (χ0n) is 13.5. The molecule has 0 radical (unpaired) electrons. The van der Waals surface area contributed by atoms with Crippen molar-refractivity contribution in [1.82, 2.24) is 0 Å². The number of nitrogens with two attached hydrogens (primary N) is 1. The molecule has 0 aliphatic heterocycles. The van der Waals surface area contributed by atoms with E-state index in [0.29, 0.717) is 22.9 Å². The molecule has 1 aliphatic rings. The van der Waals surface area contributed by atoms with Crippen LogP contribution in [0.5, 0.6) is 0 Å². The van der Waals surface area contributed by atoms with Gasteiger partial charge in [-0.25, -0.2) is 9.38 Å². The monoisotopic (exact) mass is 312 g/mol. The Morgan fingerprint density at radius 1 is 1.52 bits per heavy atom. The maximum atomic E-state index is 14.9. The molecule has 3 N–H and O–H groups in total. The van der Waals surface area contributed by atoms with E-state index in [1.807, 2.05) is 12.1 Å². The van der Waals surface area contributed by atoms with E-state index in [1.54, 1.807) is 20.0 Å². The number of halogens is 1. The highest BCUT2D eigenvalue weighted by molar-refractivity contribution is 6.09. The number of benzene rings is 1. The average Bonchev–Trinajstić information content (AvgIpc) is 2.48. The fraction of sp³-hybridized carbons (Fsp3) is 0.333. The van der Waals surface area contributed by atoms with Crippen LogP contribution in [0, 0.1) is 17.1 Å². The summed E-state index contributed by atoms with van der Waals surface area (Å²) >= 11 is 0. The van der Waals surface area contributed by atoms with Gasteiger partial charge >= 0.3 is 0 Å². The highest BCUT2D eigenvalue weighted by atomic mass is 19.1. The molecule has 1 fully saturated rings. The first kappa shape index (κ1) is 16.8. The fourth-order valence-corrected chi connectivity index (χ4v) is 2.64. The number of hydrogen-bond donors (Lipinski definition) is 2. The summed E-state index contributed by atoms with van der Waals surface area (Å²) < 4.78 is 14.9. The van der Waals surface area contributed by atoms with Crippen molar-refractivity contribution in [3.63, 3.8) is 0 Å². The van der Waals surface area contributed by atoms with Gasteiger partial charge in [-0.05, 0) is 43.4 Å². The van der Waals surface area contributed by atoms with E-state index >= 15 is 0 Å². The van der Waals surface area contributed by atoms with Crippen LogP contribution >= 0.6 is 0 Å². The Morgan fingerprint density at radius 2 is 2.22 bits per heavy atom. The first-order valence-corrected chi connectivity index (χ1v) is 7.61. The molecule has 1 aliphatic carbocycles. The average molecular weight is 312 g/mol. The lowest BCUT2D eigenvalue weighted by Crippen LogP contribution is -2.14. The molecule has 0 bridgehead atoms. The van der Waals surface area contributed by atoms with E-state index in [0.717, 1.165) is 18.4 Å². The summed E-state index contributed by atoms with van der Waals surface area (Å²) in [5, 5.41) is 12.0. The van der Waals surface area contributed by atoms with Crippen molar-refractivity contribution < 1.29 is 4.39 Å². The fourth-order valence-electron chi connectivity index (χ4n) is 2.64. The third kappa shape index (κ3) is 3.26. The predicted molar refractivity (Wildman–Crippen MR) is 91.8 cm³/mol. The Kier molecular flexibility index (Phi) is 5.17. The molecule has 0 aromatic heterocycles. The molecule has 0 spiro atoms. The van der Waals surface area contributed by atoms with Gasteiger partial charge in [-0.15, -0.1) is 0 Å². The zero-order chi connectivity index (χ0) is 17.0. The third-order valence-electron chi connectivity index (χ3n) is 4.15. The second kappa shape index (κ2) is 7.10. The summed E-state index contributed by atoms with van der Waals surface area (Å²) in [6, 6.07) is 5.54. The molecular weight excluding hydrogens is 291 g/mol. The third-order valence-corrected chi connectivity index (χ3v) is 4.15. The molecular formula is C18H21FN4. The Bertz CT molecular complexity index is 717. The highest BCUT2D eigenvalue weighted by Gasteiger charge is 2.25. The lowest BCUT2D eigenvalue weighted by atomic mass is 9.79. The quantitative estimate of drug-likeness (QED) is 0.641. The summed E-state index contributed by atoms with van der Waals surface area (Å²) in [5.41, 5.74) is 8.06. The molecule has 0 amide bonds. The second-order valence-corrected chi connectivity index (χ2v) is 5.61. The van der Waals surface area contributed by atoms with Crippen molar-refractivity contribution in [2.75, 3.05) is 12.4 Å². The van der Waals surface area contributed by atoms with Crippen molar-refractivity contribution in [1.29, 1.82) is 5.26 Å². The van der Waals surface area contributed by atoms with Gasteiger partial charge in [0.2, 0.25) is 0 Å². The van der Waals surface area contributed by atoms with Gasteiger partial charge in [0.1, 0.15) is 6.07 Å². The van der Waals surface area contributed by atoms with Crippen molar-refractivity contribution in [2.24, 2.45) is 10.7 Å². The Balaban J connectivity index is 2.54. The standard InChI is InChI=1S/C18H21FN4/c1-4-15(23-16(10-20)11(2)21)14-9-8-13(12-6-5-7-12)18(22-3)17(14)19/h4,8-9,12,22H,1,5-7,21H2,2-3H3/b16-11+,23-15+. The van der Waals surface area contributed by atoms with Gasteiger partial charge in [-0.2, -0.15) is 5.26 Å². The maximum absolute atomic E-state index is 14.9. The van der Waals surface area contributed by atoms with Crippen LogP contribution in [0.15, 0.2) is 41.2 Å². The molecule has 1 aromatic rings. The molecule has 0 saturated heterocycles. The van der Waals surface area contributed by atoms with Crippen LogP contribution in [0.2, 0.25) is 0 Å². The van der Waals surface area contributed by atoms with Crippen molar-refractivity contribution >= 4 is 11.4 Å². The maximum Gasteiger partial charge on any atom is 0.159 e. The summed E-state index contributed by atoms with van der Waals surface area (Å²) in [6.07, 6.45) is 4.79. The molecule has 0 heterocycles. The summed E-state index contributed by atoms with van der Waals surface area (Å²) in [6.45, 7) is 5.26. The Labute approximate surface area is 136 Å². The highest BCUT2D eigenvalue weighted by Crippen LogP contribution is 2.41. The predicted octanol–water partition coefficient (Wildman–Crippen LogP) is 3.82. The minimum Gasteiger partial charge on any atom is -0.400 e. The minimum absolute atomic E-state index is 0.0633. The van der Waals surface area contributed by atoms with E-state index in [4.69, 9.17) is 11.0 Å². The normalized spacial score (nSPS) is 16.2. The second-order valence-electron chi connectivity index (χ2n) is 5.61. The number of anilines is 1. The Morgan fingerprint density at radius 3 is 2.65 bits per heavy atom. The summed E-state index contributed by atoms with van der Waals surface area (Å²) in [4.78, 5) is 4.15. The molecule has 5 heteroatoms. The summed E-state index contributed by atoms with van der Waals surface area (Å²) in [7, 11) is 1.71. The van der Waals surface area contributed by atoms with E-state index in [9.17, 15) is 4.39 Å². The van der Waals surface area contributed by atoms with Gasteiger partial charge in [-0.3, -0.25) is 0 Å². The molecule has 0 atom stereocenters. The SMILES string of the molecule is C=C/C(=N\C(C#N)=C(/C)N)c1ccc(C2CCC2)c(NC)c1F. The molecule has 120 valence electrons. The zero-order valence-corrected chi connectivity index (χ0v) is 13.5. The van der Waals surface area contributed by atoms with E-state index in [-0.39, 0.29) is 17.2 Å². The molecule has 1 aromatic carbocycles. The first-order chi connectivity index (χ1) is 11.0. The van der Waals surface area contributed by atoms with Crippen LogP contribution in [-0.4, -0.2) is 12.8 Å². The van der Waals surface area contributed by atoms with Gasteiger partial charge in [0.15, 0.2) is 11.5 Å². The number of nitrogens with one attached hydrogen (secondary N) is 1. The van der Waals surface area contributed by atoms with Gasteiger partial charge in [0.05, 0.1) is 11.4 Å². The van der Waals surface area contributed by atoms with Gasteiger partial charge < -0.3 is 11.1 Å². The Hall–Kier alpha value is -2.61. The van der Waals surface area contributed by atoms with Crippen LogP contribution in [0.1, 0.15) is 43.2 Å². The smallest absolute Gasteiger partial charge is 0.159 e. The topological polar surface area (TPSA) is 74.2 Å². The van der Waals surface area contributed by atoms with Crippen molar-refractivity contribution in [3.8, 4) is 6.07 Å². The number of hydrogen-bond acceptors (Lipinski definition) is 4. The minimum atomic E-state index is -0.373. The lowest BCUT2D eigenvalue weighted by Gasteiger charge is -2.28. The van der Waals surface area contributed by atoms with E-state index in [2.05, 4.69) is 16.9 Å². The first-order valence-electron chi connectivity index (χ1n) is 7.61. The lowest BCUT2D eigenvalue weighted by molar-refractivity contribution is 0.419.